The van der Waals surface area contributed by atoms with Crippen molar-refractivity contribution in [2.45, 2.75) is 18.0 Å². The molecule has 0 aliphatic carbocycles. The molecule has 0 fully saturated rings. The number of rotatable bonds is 7. The molecule has 0 spiro atoms. The Morgan fingerprint density at radius 2 is 1.88 bits per heavy atom. The number of amides is 1. The molecule has 25 heavy (non-hydrogen) atoms. The number of nitrogens with one attached hydrogen (secondary N) is 1. The van der Waals surface area contributed by atoms with E-state index in [-0.39, 0.29) is 17.5 Å². The van der Waals surface area contributed by atoms with Gasteiger partial charge < -0.3 is 5.32 Å². The maximum Gasteiger partial charge on any atom is 0.230 e. The van der Waals surface area contributed by atoms with Crippen LogP contribution < -0.4 is 5.32 Å². The molecule has 1 aromatic heterocycles. The second kappa shape index (κ2) is 8.43. The second-order valence-corrected chi connectivity index (χ2v) is 6.42. The maximum absolute atomic E-state index is 13.5. The van der Waals surface area contributed by atoms with Gasteiger partial charge in [-0.05, 0) is 23.3 Å². The lowest BCUT2D eigenvalue weighted by atomic mass is 10.1. The smallest absolute Gasteiger partial charge is 0.230 e. The Labute approximate surface area is 149 Å². The third kappa shape index (κ3) is 5.15. The SMILES string of the molecule is O=C(CSc1ccccc1F)NCc1ccc(Cn2cncn2)cc1. The summed E-state index contributed by atoms with van der Waals surface area (Å²) in [4.78, 5) is 16.3. The topological polar surface area (TPSA) is 59.8 Å². The number of hydrogen-bond acceptors (Lipinski definition) is 4. The lowest BCUT2D eigenvalue weighted by molar-refractivity contribution is -0.118. The molecule has 1 amide bonds. The van der Waals surface area contributed by atoms with Gasteiger partial charge in [-0.3, -0.25) is 4.79 Å². The Kier molecular flexibility index (Phi) is 5.79. The highest BCUT2D eigenvalue weighted by Gasteiger charge is 2.06. The van der Waals surface area contributed by atoms with Crippen LogP contribution in [0.4, 0.5) is 4.39 Å². The molecule has 0 aliphatic rings. The van der Waals surface area contributed by atoms with Gasteiger partial charge in [-0.15, -0.1) is 11.8 Å². The second-order valence-electron chi connectivity index (χ2n) is 5.41. The molecule has 0 aliphatic heterocycles. The van der Waals surface area contributed by atoms with Crippen LogP contribution in [-0.2, 0) is 17.9 Å². The fourth-order valence-corrected chi connectivity index (χ4v) is 2.99. The first kappa shape index (κ1) is 17.2. The van der Waals surface area contributed by atoms with Gasteiger partial charge in [0.25, 0.3) is 0 Å². The van der Waals surface area contributed by atoms with E-state index >= 15 is 0 Å². The van der Waals surface area contributed by atoms with E-state index in [1.807, 2.05) is 24.3 Å². The summed E-state index contributed by atoms with van der Waals surface area (Å²) in [6, 6.07) is 14.4. The van der Waals surface area contributed by atoms with Crippen molar-refractivity contribution in [3.05, 3.63) is 78.1 Å². The zero-order chi connectivity index (χ0) is 17.5. The Hall–Kier alpha value is -2.67. The normalized spacial score (nSPS) is 10.6. The van der Waals surface area contributed by atoms with Crippen molar-refractivity contribution < 1.29 is 9.18 Å². The molecule has 5 nitrogen and oxygen atoms in total. The van der Waals surface area contributed by atoms with E-state index in [9.17, 15) is 9.18 Å². The fourth-order valence-electron chi connectivity index (χ4n) is 2.22. The van der Waals surface area contributed by atoms with Crippen molar-refractivity contribution in [3.63, 3.8) is 0 Å². The van der Waals surface area contributed by atoms with Crippen molar-refractivity contribution in [1.29, 1.82) is 0 Å². The summed E-state index contributed by atoms with van der Waals surface area (Å²) < 4.78 is 15.2. The number of carbonyl (C=O) groups is 1. The van der Waals surface area contributed by atoms with Crippen molar-refractivity contribution in [1.82, 2.24) is 20.1 Å². The number of thioether (sulfide) groups is 1. The molecule has 3 rings (SSSR count). The third-order valence-electron chi connectivity index (χ3n) is 3.52. The molecule has 7 heteroatoms. The first-order valence-corrected chi connectivity index (χ1v) is 8.73. The zero-order valence-corrected chi connectivity index (χ0v) is 14.2. The lowest BCUT2D eigenvalue weighted by Gasteiger charge is -2.07. The van der Waals surface area contributed by atoms with Crippen LogP contribution in [0, 0.1) is 5.82 Å². The van der Waals surface area contributed by atoms with Crippen LogP contribution in [0.15, 0.2) is 66.1 Å². The molecule has 0 bridgehead atoms. The van der Waals surface area contributed by atoms with Gasteiger partial charge in [0.2, 0.25) is 5.91 Å². The molecule has 0 atom stereocenters. The van der Waals surface area contributed by atoms with Crippen LogP contribution in [0.2, 0.25) is 0 Å². The number of aromatic nitrogens is 3. The van der Waals surface area contributed by atoms with E-state index in [1.54, 1.807) is 29.2 Å². The predicted molar refractivity (Wildman–Crippen MR) is 94.5 cm³/mol. The van der Waals surface area contributed by atoms with E-state index in [4.69, 9.17) is 0 Å². The molecule has 0 saturated heterocycles. The summed E-state index contributed by atoms with van der Waals surface area (Å²) in [7, 11) is 0. The molecule has 1 heterocycles. The third-order valence-corrected chi connectivity index (χ3v) is 4.57. The summed E-state index contributed by atoms with van der Waals surface area (Å²) in [6.45, 7) is 1.10. The summed E-state index contributed by atoms with van der Waals surface area (Å²) in [5.74, 6) is -0.242. The standard InChI is InChI=1S/C18H17FN4OS/c19-16-3-1-2-4-17(16)25-11-18(24)21-9-14-5-7-15(8-6-14)10-23-13-20-12-22-23/h1-8,12-13H,9-11H2,(H,21,24). The minimum absolute atomic E-state index is 0.125. The number of halogens is 1. The van der Waals surface area contributed by atoms with Gasteiger partial charge in [-0.25, -0.2) is 14.1 Å². The largest absolute Gasteiger partial charge is 0.351 e. The van der Waals surface area contributed by atoms with Gasteiger partial charge in [-0.1, -0.05) is 36.4 Å². The highest BCUT2D eigenvalue weighted by molar-refractivity contribution is 8.00. The predicted octanol–water partition coefficient (Wildman–Crippen LogP) is 2.87. The van der Waals surface area contributed by atoms with E-state index in [2.05, 4.69) is 15.4 Å². The van der Waals surface area contributed by atoms with Crippen molar-refractivity contribution >= 4 is 17.7 Å². The van der Waals surface area contributed by atoms with Gasteiger partial charge in [0, 0.05) is 11.4 Å². The molecule has 128 valence electrons. The fraction of sp³-hybridized carbons (Fsp3) is 0.167. The molecule has 0 unspecified atom stereocenters. The minimum atomic E-state index is -0.303. The van der Waals surface area contributed by atoms with Crippen LogP contribution in [0.3, 0.4) is 0 Å². The van der Waals surface area contributed by atoms with Crippen LogP contribution >= 0.6 is 11.8 Å². The molecule has 2 aromatic carbocycles. The van der Waals surface area contributed by atoms with Crippen molar-refractivity contribution in [2.24, 2.45) is 0 Å². The average Bonchev–Trinajstić information content (AvgIpc) is 3.13. The number of hydrogen-bond donors (Lipinski definition) is 1. The zero-order valence-electron chi connectivity index (χ0n) is 13.4. The highest BCUT2D eigenvalue weighted by atomic mass is 32.2. The number of benzene rings is 2. The van der Waals surface area contributed by atoms with Gasteiger partial charge in [0.05, 0.1) is 12.3 Å². The van der Waals surface area contributed by atoms with E-state index in [0.717, 1.165) is 11.1 Å². The lowest BCUT2D eigenvalue weighted by Crippen LogP contribution is -2.24. The van der Waals surface area contributed by atoms with Gasteiger partial charge in [-0.2, -0.15) is 5.10 Å². The number of carbonyl (C=O) groups excluding carboxylic acids is 1. The van der Waals surface area contributed by atoms with Crippen LogP contribution in [-0.4, -0.2) is 26.4 Å². The quantitative estimate of drug-likeness (QED) is 0.662. The summed E-state index contributed by atoms with van der Waals surface area (Å²) in [5.41, 5.74) is 2.11. The van der Waals surface area contributed by atoms with Gasteiger partial charge in [0.1, 0.15) is 18.5 Å². The first-order chi connectivity index (χ1) is 12.2. The molecule has 1 N–H and O–H groups in total. The van der Waals surface area contributed by atoms with E-state index in [1.165, 1.54) is 24.2 Å². The Balaban J connectivity index is 1.45. The summed E-state index contributed by atoms with van der Waals surface area (Å²) >= 11 is 1.19. The Morgan fingerprint density at radius 3 is 2.60 bits per heavy atom. The van der Waals surface area contributed by atoms with Crippen LogP contribution in [0.25, 0.3) is 0 Å². The Morgan fingerprint density at radius 1 is 1.12 bits per heavy atom. The monoisotopic (exact) mass is 356 g/mol. The summed E-state index contributed by atoms with van der Waals surface area (Å²) in [5, 5.41) is 6.91. The van der Waals surface area contributed by atoms with Gasteiger partial charge >= 0.3 is 0 Å². The maximum atomic E-state index is 13.5. The van der Waals surface area contributed by atoms with Crippen molar-refractivity contribution in [3.8, 4) is 0 Å². The van der Waals surface area contributed by atoms with E-state index < -0.39 is 0 Å². The van der Waals surface area contributed by atoms with Crippen LogP contribution in [0.1, 0.15) is 11.1 Å². The minimum Gasteiger partial charge on any atom is -0.351 e. The van der Waals surface area contributed by atoms with E-state index in [0.29, 0.717) is 18.0 Å². The van der Waals surface area contributed by atoms with Crippen molar-refractivity contribution in [2.75, 3.05) is 5.75 Å². The summed E-state index contributed by atoms with van der Waals surface area (Å²) in [6.07, 6.45) is 3.17. The Bertz CT molecular complexity index is 821. The first-order valence-electron chi connectivity index (χ1n) is 7.75. The van der Waals surface area contributed by atoms with Gasteiger partial charge in [0.15, 0.2) is 0 Å². The van der Waals surface area contributed by atoms with Crippen LogP contribution in [0.5, 0.6) is 0 Å². The number of nitrogens with zero attached hydrogens (tertiary/aromatic N) is 3. The molecular weight excluding hydrogens is 339 g/mol. The molecule has 0 saturated carbocycles. The average molecular weight is 356 g/mol. The molecule has 0 radical (unpaired) electrons. The highest BCUT2D eigenvalue weighted by Crippen LogP contribution is 2.20. The molecular formula is C18H17FN4OS. The molecule has 3 aromatic rings.